The molecule has 0 saturated carbocycles. The Bertz CT molecular complexity index is 761. The standard InChI is InChI=1S/C19H20N2O4/c1-2-21(19(23)14-6-4-3-5-7-14)13-18(22)20-15-8-9-16-17(12-15)25-11-10-24-16/h3-9,12H,2,10-11,13H2,1H3,(H,20,22). The number of amides is 2. The van der Waals surface area contributed by atoms with Gasteiger partial charge in [0.15, 0.2) is 11.5 Å². The molecule has 1 aliphatic heterocycles. The molecule has 2 amide bonds. The smallest absolute Gasteiger partial charge is 0.254 e. The van der Waals surface area contributed by atoms with Crippen molar-refractivity contribution >= 4 is 17.5 Å². The molecule has 130 valence electrons. The summed E-state index contributed by atoms with van der Waals surface area (Å²) in [6.07, 6.45) is 0. The van der Waals surface area contributed by atoms with Crippen molar-refractivity contribution in [2.75, 3.05) is 31.6 Å². The van der Waals surface area contributed by atoms with E-state index >= 15 is 0 Å². The van der Waals surface area contributed by atoms with Gasteiger partial charge in [0, 0.05) is 23.9 Å². The Balaban J connectivity index is 1.64. The average molecular weight is 340 g/mol. The average Bonchev–Trinajstić information content (AvgIpc) is 2.66. The molecule has 0 aliphatic carbocycles. The lowest BCUT2D eigenvalue weighted by atomic mass is 10.2. The molecule has 0 aromatic heterocycles. The van der Waals surface area contributed by atoms with Crippen LogP contribution < -0.4 is 14.8 Å². The van der Waals surface area contributed by atoms with Gasteiger partial charge in [0.2, 0.25) is 5.91 Å². The fourth-order valence-corrected chi connectivity index (χ4v) is 2.59. The Labute approximate surface area is 146 Å². The van der Waals surface area contributed by atoms with Gasteiger partial charge in [0.05, 0.1) is 0 Å². The van der Waals surface area contributed by atoms with Gasteiger partial charge < -0.3 is 19.7 Å². The van der Waals surface area contributed by atoms with Gasteiger partial charge in [-0.2, -0.15) is 0 Å². The van der Waals surface area contributed by atoms with Crippen LogP contribution in [0.1, 0.15) is 17.3 Å². The number of rotatable bonds is 5. The van der Waals surface area contributed by atoms with Crippen LogP contribution in [0.4, 0.5) is 5.69 Å². The first-order valence-corrected chi connectivity index (χ1v) is 8.21. The fraction of sp³-hybridized carbons (Fsp3) is 0.263. The molecule has 1 aliphatic rings. The van der Waals surface area contributed by atoms with Crippen molar-refractivity contribution in [3.8, 4) is 11.5 Å². The molecule has 1 heterocycles. The van der Waals surface area contributed by atoms with Crippen LogP contribution in [0.2, 0.25) is 0 Å². The predicted molar refractivity (Wildman–Crippen MR) is 94.1 cm³/mol. The van der Waals surface area contributed by atoms with E-state index in [0.717, 1.165) is 0 Å². The molecule has 0 spiro atoms. The Hall–Kier alpha value is -3.02. The molecule has 2 aromatic rings. The molecule has 0 unspecified atom stereocenters. The second-order valence-corrected chi connectivity index (χ2v) is 5.59. The van der Waals surface area contributed by atoms with Gasteiger partial charge in [-0.05, 0) is 31.2 Å². The molecule has 6 heteroatoms. The van der Waals surface area contributed by atoms with Crippen molar-refractivity contribution in [1.82, 2.24) is 4.90 Å². The van der Waals surface area contributed by atoms with Crippen LogP contribution in [0.5, 0.6) is 11.5 Å². The molecule has 0 fully saturated rings. The maximum atomic E-state index is 12.5. The summed E-state index contributed by atoms with van der Waals surface area (Å²) in [7, 11) is 0. The molecule has 25 heavy (non-hydrogen) atoms. The summed E-state index contributed by atoms with van der Waals surface area (Å²) in [5, 5.41) is 2.79. The lowest BCUT2D eigenvalue weighted by molar-refractivity contribution is -0.116. The highest BCUT2D eigenvalue weighted by atomic mass is 16.6. The Kier molecular flexibility index (Phi) is 5.18. The minimum atomic E-state index is -0.261. The number of anilines is 1. The van der Waals surface area contributed by atoms with Crippen LogP contribution in [-0.2, 0) is 4.79 Å². The SMILES string of the molecule is CCN(CC(=O)Nc1ccc2c(c1)OCCO2)C(=O)c1ccccc1. The van der Waals surface area contributed by atoms with Crippen LogP contribution in [0, 0.1) is 0 Å². The third-order valence-electron chi connectivity index (χ3n) is 3.85. The first-order chi connectivity index (χ1) is 12.2. The van der Waals surface area contributed by atoms with Crippen molar-refractivity contribution < 1.29 is 19.1 Å². The topological polar surface area (TPSA) is 67.9 Å². The van der Waals surface area contributed by atoms with Crippen LogP contribution in [0.15, 0.2) is 48.5 Å². The van der Waals surface area contributed by atoms with Crippen LogP contribution in [0.3, 0.4) is 0 Å². The summed E-state index contributed by atoms with van der Waals surface area (Å²) >= 11 is 0. The van der Waals surface area contributed by atoms with E-state index in [1.165, 1.54) is 4.90 Å². The minimum Gasteiger partial charge on any atom is -0.486 e. The maximum absolute atomic E-state index is 12.5. The summed E-state index contributed by atoms with van der Waals surface area (Å²) in [5.74, 6) is 0.846. The largest absolute Gasteiger partial charge is 0.486 e. The second-order valence-electron chi connectivity index (χ2n) is 5.59. The van der Waals surface area contributed by atoms with E-state index in [0.29, 0.717) is 42.5 Å². The number of carbonyl (C=O) groups excluding carboxylic acids is 2. The number of likely N-dealkylation sites (N-methyl/N-ethyl adjacent to an activating group) is 1. The number of nitrogens with zero attached hydrogens (tertiary/aromatic N) is 1. The second kappa shape index (κ2) is 7.70. The molecular formula is C19H20N2O4. The number of hydrogen-bond donors (Lipinski definition) is 1. The van der Waals surface area contributed by atoms with Gasteiger partial charge in [-0.25, -0.2) is 0 Å². The molecule has 6 nitrogen and oxygen atoms in total. The third kappa shape index (κ3) is 4.09. The van der Waals surface area contributed by atoms with E-state index in [1.807, 2.05) is 13.0 Å². The molecular weight excluding hydrogens is 320 g/mol. The van der Waals surface area contributed by atoms with Crippen molar-refractivity contribution in [2.24, 2.45) is 0 Å². The highest BCUT2D eigenvalue weighted by Crippen LogP contribution is 2.32. The fourth-order valence-electron chi connectivity index (χ4n) is 2.59. The van der Waals surface area contributed by atoms with Crippen molar-refractivity contribution in [3.63, 3.8) is 0 Å². The first-order valence-electron chi connectivity index (χ1n) is 8.21. The Morgan fingerprint density at radius 2 is 1.76 bits per heavy atom. The van der Waals surface area contributed by atoms with E-state index in [9.17, 15) is 9.59 Å². The first kappa shape index (κ1) is 16.8. The number of carbonyl (C=O) groups is 2. The summed E-state index contributed by atoms with van der Waals surface area (Å²) in [5.41, 5.74) is 1.17. The van der Waals surface area contributed by atoms with Crippen LogP contribution >= 0.6 is 0 Å². The highest BCUT2D eigenvalue weighted by Gasteiger charge is 2.18. The molecule has 3 rings (SSSR count). The zero-order chi connectivity index (χ0) is 17.6. The predicted octanol–water partition coefficient (Wildman–Crippen LogP) is 2.56. The van der Waals surface area contributed by atoms with Crippen LogP contribution in [0.25, 0.3) is 0 Å². The van der Waals surface area contributed by atoms with Gasteiger partial charge in [-0.3, -0.25) is 9.59 Å². The quantitative estimate of drug-likeness (QED) is 0.908. The molecule has 0 saturated heterocycles. The molecule has 0 radical (unpaired) electrons. The lowest BCUT2D eigenvalue weighted by Gasteiger charge is -2.21. The highest BCUT2D eigenvalue weighted by molar-refractivity contribution is 5.99. The lowest BCUT2D eigenvalue weighted by Crippen LogP contribution is -2.37. The van der Waals surface area contributed by atoms with Gasteiger partial charge in [-0.15, -0.1) is 0 Å². The molecule has 2 aromatic carbocycles. The van der Waals surface area contributed by atoms with Gasteiger partial charge in [0.1, 0.15) is 19.8 Å². The monoisotopic (exact) mass is 340 g/mol. The number of nitrogens with one attached hydrogen (secondary N) is 1. The molecule has 0 bridgehead atoms. The van der Waals surface area contributed by atoms with E-state index < -0.39 is 0 Å². The van der Waals surface area contributed by atoms with E-state index in [-0.39, 0.29) is 18.4 Å². The van der Waals surface area contributed by atoms with E-state index in [1.54, 1.807) is 42.5 Å². The van der Waals surface area contributed by atoms with Crippen molar-refractivity contribution in [3.05, 3.63) is 54.1 Å². The maximum Gasteiger partial charge on any atom is 0.254 e. The summed E-state index contributed by atoms with van der Waals surface area (Å²) in [4.78, 5) is 26.3. The Morgan fingerprint density at radius 3 is 2.48 bits per heavy atom. The number of benzene rings is 2. The van der Waals surface area contributed by atoms with Crippen LogP contribution in [-0.4, -0.2) is 43.0 Å². The number of ether oxygens (including phenoxy) is 2. The zero-order valence-electron chi connectivity index (χ0n) is 14.0. The van der Waals surface area contributed by atoms with Crippen molar-refractivity contribution in [1.29, 1.82) is 0 Å². The minimum absolute atomic E-state index is 0.0152. The van der Waals surface area contributed by atoms with Crippen molar-refractivity contribution in [2.45, 2.75) is 6.92 Å². The Morgan fingerprint density at radius 1 is 1.04 bits per heavy atom. The summed E-state index contributed by atoms with van der Waals surface area (Å²) in [6, 6.07) is 14.2. The van der Waals surface area contributed by atoms with E-state index in [2.05, 4.69) is 5.32 Å². The van der Waals surface area contributed by atoms with Gasteiger partial charge in [-0.1, -0.05) is 18.2 Å². The third-order valence-corrected chi connectivity index (χ3v) is 3.85. The molecule has 0 atom stereocenters. The normalized spacial score (nSPS) is 12.4. The molecule has 1 N–H and O–H groups in total. The summed E-state index contributed by atoms with van der Waals surface area (Å²) < 4.78 is 11.0. The number of fused-ring (bicyclic) bond motifs is 1. The van der Waals surface area contributed by atoms with Gasteiger partial charge in [0.25, 0.3) is 5.91 Å². The zero-order valence-corrected chi connectivity index (χ0v) is 14.0. The number of hydrogen-bond acceptors (Lipinski definition) is 4. The van der Waals surface area contributed by atoms with Gasteiger partial charge >= 0.3 is 0 Å². The summed E-state index contributed by atoms with van der Waals surface area (Å²) in [6.45, 7) is 3.28. The van der Waals surface area contributed by atoms with E-state index in [4.69, 9.17) is 9.47 Å².